The lowest BCUT2D eigenvalue weighted by Crippen LogP contribution is -2.04. The van der Waals surface area contributed by atoms with Crippen LogP contribution in [0.5, 0.6) is 0 Å². The van der Waals surface area contributed by atoms with Crippen molar-refractivity contribution in [2.75, 3.05) is 0 Å². The fraction of sp³-hybridized carbons (Fsp3) is 0. The molecule has 0 N–H and O–H groups in total. The lowest BCUT2D eigenvalue weighted by molar-refractivity contribution is 0.669. The normalized spacial score (nSPS) is 12.1. The van der Waals surface area contributed by atoms with Crippen molar-refractivity contribution in [2.24, 2.45) is 0 Å². The smallest absolute Gasteiger partial charge is 0.165 e. The SMILES string of the molecule is c1ccc(-c2nc3ccccc3nc2-n2c3c(-c4ccc5oc6ccc7ccccc7c6c5c4)cccc3c3c4ccccc4c4ccccc4c32)cc1. The topological polar surface area (TPSA) is 43.9 Å². The molecular weight excluding hydrogens is 659 g/mol. The maximum Gasteiger partial charge on any atom is 0.165 e. The summed E-state index contributed by atoms with van der Waals surface area (Å²) >= 11 is 0. The van der Waals surface area contributed by atoms with E-state index in [1.165, 1.54) is 43.1 Å². The number of hydrogen-bond donors (Lipinski definition) is 0. The van der Waals surface area contributed by atoms with Gasteiger partial charge in [-0.05, 0) is 62.8 Å². The second kappa shape index (κ2) is 11.1. The third-order valence-electron chi connectivity index (χ3n) is 11.1. The van der Waals surface area contributed by atoms with Gasteiger partial charge in [-0.1, -0.05) is 146 Å². The third-order valence-corrected chi connectivity index (χ3v) is 11.1. The summed E-state index contributed by atoms with van der Waals surface area (Å²) in [5.74, 6) is 0.800. The molecule has 0 aliphatic heterocycles. The predicted molar refractivity (Wildman–Crippen MR) is 225 cm³/mol. The largest absolute Gasteiger partial charge is 0.456 e. The molecule has 3 heterocycles. The molecule has 0 aliphatic rings. The van der Waals surface area contributed by atoms with Gasteiger partial charge >= 0.3 is 0 Å². The fourth-order valence-corrected chi connectivity index (χ4v) is 8.82. The Balaban J connectivity index is 1.29. The molecule has 0 atom stereocenters. The van der Waals surface area contributed by atoms with Crippen molar-refractivity contribution in [3.05, 3.63) is 176 Å². The van der Waals surface area contributed by atoms with Crippen LogP contribution >= 0.6 is 0 Å². The molecule has 12 aromatic rings. The summed E-state index contributed by atoms with van der Waals surface area (Å²) in [6.07, 6.45) is 0. The molecule has 0 saturated heterocycles. The van der Waals surface area contributed by atoms with Crippen molar-refractivity contribution in [1.82, 2.24) is 14.5 Å². The van der Waals surface area contributed by atoms with Gasteiger partial charge in [0.15, 0.2) is 5.82 Å². The first-order valence-corrected chi connectivity index (χ1v) is 18.3. The van der Waals surface area contributed by atoms with Crippen molar-refractivity contribution in [2.45, 2.75) is 0 Å². The summed E-state index contributed by atoms with van der Waals surface area (Å²) in [5.41, 5.74) is 9.76. The van der Waals surface area contributed by atoms with Gasteiger partial charge in [-0.25, -0.2) is 9.97 Å². The summed E-state index contributed by atoms with van der Waals surface area (Å²) in [6.45, 7) is 0. The van der Waals surface area contributed by atoms with Gasteiger partial charge in [0.1, 0.15) is 16.9 Å². The van der Waals surface area contributed by atoms with Crippen LogP contribution in [0.4, 0.5) is 0 Å². The molecule has 0 bridgehead atoms. The molecule has 0 fully saturated rings. The standard InChI is InChI=1S/C50H29N3O/c1-2-14-31(15-3-1)47-50(52-42-24-11-10-23-41(42)51-47)53-48-34(32-26-27-43-40(29-32)45-33-16-5-4-13-30(33)25-28-44(45)54-43)21-12-22-39(48)46-37-19-8-6-17-35(37)36-18-7-9-20-38(36)49(46)53/h1-29H. The lowest BCUT2D eigenvalue weighted by Gasteiger charge is -2.16. The highest BCUT2D eigenvalue weighted by Crippen LogP contribution is 2.47. The zero-order valence-corrected chi connectivity index (χ0v) is 29.0. The zero-order chi connectivity index (χ0) is 35.3. The van der Waals surface area contributed by atoms with Crippen LogP contribution in [0.15, 0.2) is 180 Å². The molecule has 0 unspecified atom stereocenters. The van der Waals surface area contributed by atoms with Crippen LogP contribution in [0.1, 0.15) is 0 Å². The average Bonchev–Trinajstić information content (AvgIpc) is 3.80. The van der Waals surface area contributed by atoms with Crippen LogP contribution in [-0.4, -0.2) is 14.5 Å². The van der Waals surface area contributed by atoms with E-state index in [2.05, 4.69) is 162 Å². The van der Waals surface area contributed by atoms with Crippen molar-refractivity contribution in [3.8, 4) is 28.2 Å². The van der Waals surface area contributed by atoms with E-state index in [9.17, 15) is 0 Å². The summed E-state index contributed by atoms with van der Waals surface area (Å²) in [7, 11) is 0. The van der Waals surface area contributed by atoms with E-state index in [1.54, 1.807) is 0 Å². The number of rotatable bonds is 3. The van der Waals surface area contributed by atoms with Crippen LogP contribution in [-0.2, 0) is 0 Å². The molecule has 4 heteroatoms. The van der Waals surface area contributed by atoms with E-state index in [1.807, 2.05) is 18.2 Å². The minimum atomic E-state index is 0.800. The maximum atomic E-state index is 6.46. The molecule has 3 aromatic heterocycles. The Morgan fingerprint density at radius 1 is 0.389 bits per heavy atom. The molecule has 12 rings (SSSR count). The summed E-state index contributed by atoms with van der Waals surface area (Å²) in [5, 5.41) is 11.8. The molecular formula is C50H29N3O. The predicted octanol–water partition coefficient (Wildman–Crippen LogP) is 13.4. The van der Waals surface area contributed by atoms with Crippen molar-refractivity contribution in [1.29, 1.82) is 0 Å². The molecule has 4 nitrogen and oxygen atoms in total. The maximum absolute atomic E-state index is 6.46. The summed E-state index contributed by atoms with van der Waals surface area (Å²) < 4.78 is 8.86. The first-order valence-electron chi connectivity index (χ1n) is 18.3. The van der Waals surface area contributed by atoms with Crippen LogP contribution in [0, 0.1) is 0 Å². The minimum Gasteiger partial charge on any atom is -0.456 e. The number of benzene rings is 9. The van der Waals surface area contributed by atoms with Gasteiger partial charge in [0.2, 0.25) is 0 Å². The number of fused-ring (bicyclic) bond motifs is 14. The Hall–Kier alpha value is -7.30. The Labute approximate surface area is 309 Å². The highest BCUT2D eigenvalue weighted by molar-refractivity contribution is 6.33. The van der Waals surface area contributed by atoms with Crippen molar-refractivity contribution < 1.29 is 4.42 Å². The fourth-order valence-electron chi connectivity index (χ4n) is 8.82. The minimum absolute atomic E-state index is 0.800. The monoisotopic (exact) mass is 687 g/mol. The van der Waals surface area contributed by atoms with Gasteiger partial charge in [0.05, 0.1) is 22.1 Å². The number of nitrogens with zero attached hydrogens (tertiary/aromatic N) is 3. The zero-order valence-electron chi connectivity index (χ0n) is 29.0. The molecule has 9 aromatic carbocycles. The van der Waals surface area contributed by atoms with E-state index in [4.69, 9.17) is 14.4 Å². The van der Waals surface area contributed by atoms with Gasteiger partial charge in [-0.3, -0.25) is 4.57 Å². The number of aromatic nitrogens is 3. The van der Waals surface area contributed by atoms with Gasteiger partial charge in [-0.15, -0.1) is 0 Å². The highest BCUT2D eigenvalue weighted by atomic mass is 16.3. The Kier molecular flexibility index (Phi) is 6.02. The first kappa shape index (κ1) is 29.3. The van der Waals surface area contributed by atoms with E-state index in [0.717, 1.165) is 72.2 Å². The summed E-state index contributed by atoms with van der Waals surface area (Å²) in [6, 6.07) is 62.4. The molecule has 0 amide bonds. The lowest BCUT2D eigenvalue weighted by atomic mass is 9.95. The van der Waals surface area contributed by atoms with Gasteiger partial charge in [0, 0.05) is 38.1 Å². The second-order valence-corrected chi connectivity index (χ2v) is 14.1. The summed E-state index contributed by atoms with van der Waals surface area (Å²) in [4.78, 5) is 10.9. The third kappa shape index (κ3) is 4.08. The molecule has 0 aliphatic carbocycles. The van der Waals surface area contributed by atoms with Crippen LogP contribution in [0.3, 0.4) is 0 Å². The van der Waals surface area contributed by atoms with E-state index >= 15 is 0 Å². The molecule has 0 saturated carbocycles. The van der Waals surface area contributed by atoms with Gasteiger partial charge < -0.3 is 4.42 Å². The average molecular weight is 688 g/mol. The molecule has 54 heavy (non-hydrogen) atoms. The van der Waals surface area contributed by atoms with Gasteiger partial charge in [-0.2, -0.15) is 0 Å². The Morgan fingerprint density at radius 3 is 1.87 bits per heavy atom. The number of hydrogen-bond acceptors (Lipinski definition) is 3. The van der Waals surface area contributed by atoms with Gasteiger partial charge in [0.25, 0.3) is 0 Å². The quantitative estimate of drug-likeness (QED) is 0.174. The van der Waals surface area contributed by atoms with Crippen LogP contribution < -0.4 is 0 Å². The first-order chi connectivity index (χ1) is 26.8. The number of para-hydroxylation sites is 3. The van der Waals surface area contributed by atoms with E-state index < -0.39 is 0 Å². The Bertz CT molecular complexity index is 3500. The van der Waals surface area contributed by atoms with E-state index in [0.29, 0.717) is 0 Å². The number of furan rings is 1. The van der Waals surface area contributed by atoms with Crippen molar-refractivity contribution >= 4 is 87.1 Å². The van der Waals surface area contributed by atoms with E-state index in [-0.39, 0.29) is 0 Å². The van der Waals surface area contributed by atoms with Crippen LogP contribution in [0.2, 0.25) is 0 Å². The molecule has 250 valence electrons. The highest BCUT2D eigenvalue weighted by Gasteiger charge is 2.25. The second-order valence-electron chi connectivity index (χ2n) is 14.1. The van der Waals surface area contributed by atoms with Crippen LogP contribution in [0.25, 0.3) is 115 Å². The van der Waals surface area contributed by atoms with Crippen molar-refractivity contribution in [3.63, 3.8) is 0 Å². The Morgan fingerprint density at radius 2 is 1.04 bits per heavy atom. The molecule has 0 spiro atoms. The molecule has 0 radical (unpaired) electrons.